The zero-order valence-electron chi connectivity index (χ0n) is 10.3. The highest BCUT2D eigenvalue weighted by Gasteiger charge is 2.02. The van der Waals surface area contributed by atoms with E-state index in [4.69, 9.17) is 9.47 Å². The summed E-state index contributed by atoms with van der Waals surface area (Å²) in [5, 5.41) is 3.48. The average Bonchev–Trinajstić information content (AvgIpc) is 2.26. The molecule has 1 N–H and O–H groups in total. The van der Waals surface area contributed by atoms with Crippen molar-refractivity contribution in [1.82, 2.24) is 5.32 Å². The Morgan fingerprint density at radius 2 is 2.07 bits per heavy atom. The Bertz CT molecular complexity index is 125. The largest absolute Gasteiger partial charge is 0.385 e. The van der Waals surface area contributed by atoms with E-state index in [2.05, 4.69) is 18.5 Å². The molecule has 0 aromatic rings. The molecular weight excluding hydrogens is 210 g/mol. The van der Waals surface area contributed by atoms with Gasteiger partial charge in [0.2, 0.25) is 0 Å². The monoisotopic (exact) mass is 235 g/mol. The van der Waals surface area contributed by atoms with Crippen LogP contribution in [0.1, 0.15) is 19.8 Å². The summed E-state index contributed by atoms with van der Waals surface area (Å²) in [7, 11) is 1.72. The normalized spacial score (nSPS) is 13.0. The van der Waals surface area contributed by atoms with E-state index < -0.39 is 0 Å². The molecule has 0 aliphatic rings. The van der Waals surface area contributed by atoms with Crippen LogP contribution in [0.15, 0.2) is 0 Å². The molecule has 1 atom stereocenters. The first kappa shape index (κ1) is 15.2. The zero-order valence-corrected chi connectivity index (χ0v) is 11.1. The van der Waals surface area contributed by atoms with E-state index in [1.54, 1.807) is 7.11 Å². The molecule has 0 spiro atoms. The molecule has 1 unspecified atom stereocenters. The molecular formula is C11H25NO2S. The Morgan fingerprint density at radius 1 is 1.27 bits per heavy atom. The summed E-state index contributed by atoms with van der Waals surface area (Å²) >= 11 is 1.89. The molecule has 0 bridgehead atoms. The van der Waals surface area contributed by atoms with Gasteiger partial charge in [-0.2, -0.15) is 11.8 Å². The fourth-order valence-electron chi connectivity index (χ4n) is 1.26. The Kier molecular flexibility index (Phi) is 12.5. The van der Waals surface area contributed by atoms with Crippen molar-refractivity contribution in [3.05, 3.63) is 0 Å². The second kappa shape index (κ2) is 12.3. The molecule has 0 saturated heterocycles. The van der Waals surface area contributed by atoms with Crippen LogP contribution in [0.4, 0.5) is 0 Å². The van der Waals surface area contributed by atoms with Gasteiger partial charge < -0.3 is 14.8 Å². The molecule has 92 valence electrons. The fraction of sp³-hybridized carbons (Fsp3) is 1.00. The van der Waals surface area contributed by atoms with E-state index in [0.29, 0.717) is 6.04 Å². The van der Waals surface area contributed by atoms with E-state index in [0.717, 1.165) is 32.8 Å². The second-order valence-corrected chi connectivity index (χ2v) is 4.38. The molecule has 4 heteroatoms. The highest BCUT2D eigenvalue weighted by atomic mass is 32.2. The summed E-state index contributed by atoms with van der Waals surface area (Å²) < 4.78 is 10.4. The number of hydrogen-bond acceptors (Lipinski definition) is 4. The molecule has 0 aromatic heterocycles. The number of hydrogen-bond donors (Lipinski definition) is 1. The Balaban J connectivity index is 3.14. The van der Waals surface area contributed by atoms with Crippen LogP contribution in [0.2, 0.25) is 0 Å². The lowest BCUT2D eigenvalue weighted by Crippen LogP contribution is -2.33. The maximum absolute atomic E-state index is 5.46. The third kappa shape index (κ3) is 10.5. The van der Waals surface area contributed by atoms with E-state index in [9.17, 15) is 0 Å². The molecule has 0 fully saturated rings. The number of rotatable bonds is 11. The van der Waals surface area contributed by atoms with Gasteiger partial charge in [-0.1, -0.05) is 6.92 Å². The average molecular weight is 235 g/mol. The first-order chi connectivity index (χ1) is 7.35. The maximum atomic E-state index is 5.46. The lowest BCUT2D eigenvalue weighted by atomic mass is 10.2. The molecule has 0 saturated carbocycles. The zero-order chi connectivity index (χ0) is 11.4. The van der Waals surface area contributed by atoms with Crippen molar-refractivity contribution in [3.63, 3.8) is 0 Å². The lowest BCUT2D eigenvalue weighted by molar-refractivity contribution is 0.103. The van der Waals surface area contributed by atoms with Gasteiger partial charge in [-0.15, -0.1) is 0 Å². The molecule has 0 radical (unpaired) electrons. The maximum Gasteiger partial charge on any atom is 0.0591 e. The molecule has 0 aliphatic carbocycles. The van der Waals surface area contributed by atoms with Crippen LogP contribution in [0.5, 0.6) is 0 Å². The molecule has 0 heterocycles. The molecule has 0 aliphatic heterocycles. The highest BCUT2D eigenvalue weighted by Crippen LogP contribution is 2.00. The third-order valence-corrected chi connectivity index (χ3v) is 2.91. The Hall–Kier alpha value is 0.230. The predicted octanol–water partition coefficient (Wildman–Crippen LogP) is 1.77. The Labute approximate surface area is 98.3 Å². The van der Waals surface area contributed by atoms with Gasteiger partial charge in [0.05, 0.1) is 6.61 Å². The first-order valence-electron chi connectivity index (χ1n) is 5.64. The topological polar surface area (TPSA) is 30.5 Å². The van der Waals surface area contributed by atoms with Gasteiger partial charge in [0.15, 0.2) is 0 Å². The van der Waals surface area contributed by atoms with Crippen molar-refractivity contribution >= 4 is 11.8 Å². The summed E-state index contributed by atoms with van der Waals surface area (Å²) in [6, 6.07) is 0.627. The Morgan fingerprint density at radius 3 is 2.67 bits per heavy atom. The smallest absolute Gasteiger partial charge is 0.0591 e. The fourth-order valence-corrected chi connectivity index (χ4v) is 2.02. The van der Waals surface area contributed by atoms with Crippen molar-refractivity contribution in [2.45, 2.75) is 25.8 Å². The van der Waals surface area contributed by atoms with Crippen molar-refractivity contribution in [2.24, 2.45) is 0 Å². The van der Waals surface area contributed by atoms with Gasteiger partial charge in [0.25, 0.3) is 0 Å². The summed E-state index contributed by atoms with van der Waals surface area (Å²) in [4.78, 5) is 0. The van der Waals surface area contributed by atoms with Crippen molar-refractivity contribution in [1.29, 1.82) is 0 Å². The van der Waals surface area contributed by atoms with Crippen LogP contribution in [0, 0.1) is 0 Å². The van der Waals surface area contributed by atoms with Gasteiger partial charge in [-0.25, -0.2) is 0 Å². The van der Waals surface area contributed by atoms with E-state index in [1.807, 2.05) is 11.8 Å². The molecule has 15 heavy (non-hydrogen) atoms. The third-order valence-electron chi connectivity index (χ3n) is 2.18. The summed E-state index contributed by atoms with van der Waals surface area (Å²) in [5.41, 5.74) is 0. The number of nitrogens with one attached hydrogen (secondary N) is 1. The number of methoxy groups -OCH3 is 1. The second-order valence-electron chi connectivity index (χ2n) is 3.47. The molecule has 0 amide bonds. The lowest BCUT2D eigenvalue weighted by Gasteiger charge is -2.15. The summed E-state index contributed by atoms with van der Waals surface area (Å²) in [6.07, 6.45) is 4.31. The predicted molar refractivity (Wildman–Crippen MR) is 67.8 cm³/mol. The summed E-state index contributed by atoms with van der Waals surface area (Å²) in [6.45, 7) is 5.56. The van der Waals surface area contributed by atoms with Crippen molar-refractivity contribution in [2.75, 3.05) is 45.5 Å². The standard InChI is InChI=1S/C11H25NO2S/c1-4-11(10-15-3)12-6-9-14-8-5-7-13-2/h11-12H,4-10H2,1-3H3. The van der Waals surface area contributed by atoms with Crippen LogP contribution in [0.3, 0.4) is 0 Å². The highest BCUT2D eigenvalue weighted by molar-refractivity contribution is 7.98. The minimum absolute atomic E-state index is 0.627. The van der Waals surface area contributed by atoms with Crippen LogP contribution in [-0.2, 0) is 9.47 Å². The van der Waals surface area contributed by atoms with Crippen molar-refractivity contribution < 1.29 is 9.47 Å². The number of ether oxygens (including phenoxy) is 2. The minimum Gasteiger partial charge on any atom is -0.385 e. The molecule has 0 rings (SSSR count). The first-order valence-corrected chi connectivity index (χ1v) is 7.03. The quantitative estimate of drug-likeness (QED) is 0.553. The van der Waals surface area contributed by atoms with Crippen LogP contribution in [0.25, 0.3) is 0 Å². The van der Waals surface area contributed by atoms with E-state index in [-0.39, 0.29) is 0 Å². The molecule has 3 nitrogen and oxygen atoms in total. The van der Waals surface area contributed by atoms with Gasteiger partial charge in [-0.05, 0) is 19.1 Å². The SMILES string of the molecule is CCC(CSC)NCCOCCCOC. The van der Waals surface area contributed by atoms with Crippen LogP contribution in [-0.4, -0.2) is 51.5 Å². The van der Waals surface area contributed by atoms with Crippen molar-refractivity contribution in [3.8, 4) is 0 Å². The van der Waals surface area contributed by atoms with Gasteiger partial charge >= 0.3 is 0 Å². The van der Waals surface area contributed by atoms with E-state index in [1.165, 1.54) is 12.2 Å². The number of thioether (sulfide) groups is 1. The van der Waals surface area contributed by atoms with Crippen LogP contribution < -0.4 is 5.32 Å². The van der Waals surface area contributed by atoms with E-state index >= 15 is 0 Å². The van der Waals surface area contributed by atoms with Gasteiger partial charge in [-0.3, -0.25) is 0 Å². The van der Waals surface area contributed by atoms with Gasteiger partial charge in [0, 0.05) is 38.7 Å². The van der Waals surface area contributed by atoms with Gasteiger partial charge in [0.1, 0.15) is 0 Å². The summed E-state index contributed by atoms with van der Waals surface area (Å²) in [5.74, 6) is 1.18. The minimum atomic E-state index is 0.627. The molecule has 0 aromatic carbocycles. The van der Waals surface area contributed by atoms with Crippen LogP contribution >= 0.6 is 11.8 Å².